The van der Waals surface area contributed by atoms with Gasteiger partial charge in [-0.2, -0.15) is 0 Å². The number of pyridine rings is 1. The van der Waals surface area contributed by atoms with Gasteiger partial charge in [-0.25, -0.2) is 0 Å². The zero-order valence-electron chi connectivity index (χ0n) is 9.14. The Labute approximate surface area is 85.9 Å². The van der Waals surface area contributed by atoms with Crippen molar-refractivity contribution < 1.29 is 0 Å². The van der Waals surface area contributed by atoms with Gasteiger partial charge in [0, 0.05) is 31.0 Å². The Morgan fingerprint density at radius 3 is 2.64 bits per heavy atom. The molecule has 1 aromatic heterocycles. The number of hydrogen-bond acceptors (Lipinski definition) is 3. The number of likely N-dealkylation sites (N-methyl/N-ethyl adjacent to an activating group) is 1. The lowest BCUT2D eigenvalue weighted by Gasteiger charge is -2.30. The van der Waals surface area contributed by atoms with Gasteiger partial charge in [-0.05, 0) is 32.5 Å². The van der Waals surface area contributed by atoms with Crippen LogP contribution in [0.5, 0.6) is 0 Å². The molecule has 2 N–H and O–H groups in total. The van der Waals surface area contributed by atoms with E-state index in [2.05, 4.69) is 36.8 Å². The van der Waals surface area contributed by atoms with Crippen LogP contribution < -0.4 is 5.73 Å². The van der Waals surface area contributed by atoms with Crippen molar-refractivity contribution >= 4 is 0 Å². The van der Waals surface area contributed by atoms with Crippen molar-refractivity contribution in [2.45, 2.75) is 25.9 Å². The summed E-state index contributed by atoms with van der Waals surface area (Å²) in [5.41, 5.74) is 6.96. The third-order valence-electron chi connectivity index (χ3n) is 2.60. The molecule has 0 aliphatic carbocycles. The second-order valence-corrected chi connectivity index (χ2v) is 3.80. The van der Waals surface area contributed by atoms with E-state index in [9.17, 15) is 0 Å². The van der Waals surface area contributed by atoms with Crippen LogP contribution in [0.1, 0.15) is 25.5 Å². The first kappa shape index (κ1) is 11.1. The molecule has 0 aliphatic heterocycles. The molecule has 0 saturated carbocycles. The molecule has 3 heteroatoms. The van der Waals surface area contributed by atoms with Crippen LogP contribution in [-0.2, 0) is 0 Å². The largest absolute Gasteiger partial charge is 0.329 e. The molecular weight excluding hydrogens is 174 g/mol. The summed E-state index contributed by atoms with van der Waals surface area (Å²) in [6, 6.07) is 4.78. The summed E-state index contributed by atoms with van der Waals surface area (Å²) in [5.74, 6) is 0. The Morgan fingerprint density at radius 2 is 2.21 bits per heavy atom. The second-order valence-electron chi connectivity index (χ2n) is 3.80. The maximum Gasteiger partial charge on any atom is 0.0485 e. The Kier molecular flexibility index (Phi) is 4.04. The van der Waals surface area contributed by atoms with E-state index in [0.717, 1.165) is 0 Å². The van der Waals surface area contributed by atoms with Crippen LogP contribution in [0.4, 0.5) is 0 Å². The van der Waals surface area contributed by atoms with Crippen molar-refractivity contribution in [1.29, 1.82) is 0 Å². The first-order valence-corrected chi connectivity index (χ1v) is 4.98. The summed E-state index contributed by atoms with van der Waals surface area (Å²) in [4.78, 5) is 6.37. The average Bonchev–Trinajstić information content (AvgIpc) is 2.20. The molecule has 0 bridgehead atoms. The lowest BCUT2D eigenvalue weighted by atomic mass is 10.1. The third-order valence-corrected chi connectivity index (χ3v) is 2.60. The fourth-order valence-electron chi connectivity index (χ4n) is 1.47. The summed E-state index contributed by atoms with van der Waals surface area (Å²) >= 11 is 0. The predicted octanol–water partition coefficient (Wildman–Crippen LogP) is 1.42. The molecule has 1 heterocycles. The first-order valence-electron chi connectivity index (χ1n) is 4.98. The lowest BCUT2D eigenvalue weighted by Crippen LogP contribution is -2.35. The highest BCUT2D eigenvalue weighted by Crippen LogP contribution is 2.18. The van der Waals surface area contributed by atoms with Crippen LogP contribution in [0.25, 0.3) is 0 Å². The summed E-state index contributed by atoms with van der Waals surface area (Å²) in [6.45, 7) is 4.96. The predicted molar refractivity (Wildman–Crippen MR) is 58.9 cm³/mol. The molecule has 1 unspecified atom stereocenters. The van der Waals surface area contributed by atoms with E-state index in [1.807, 2.05) is 12.3 Å². The summed E-state index contributed by atoms with van der Waals surface area (Å²) < 4.78 is 0. The van der Waals surface area contributed by atoms with Crippen molar-refractivity contribution in [3.8, 4) is 0 Å². The summed E-state index contributed by atoms with van der Waals surface area (Å²) in [6.07, 6.45) is 3.67. The van der Waals surface area contributed by atoms with E-state index in [0.29, 0.717) is 12.6 Å². The topological polar surface area (TPSA) is 42.1 Å². The third kappa shape index (κ3) is 2.53. The highest BCUT2D eigenvalue weighted by atomic mass is 15.2. The molecule has 0 saturated heterocycles. The van der Waals surface area contributed by atoms with Crippen LogP contribution in [0.15, 0.2) is 24.5 Å². The Hall–Kier alpha value is -0.930. The smallest absolute Gasteiger partial charge is 0.0485 e. The van der Waals surface area contributed by atoms with Crippen LogP contribution in [0.3, 0.4) is 0 Å². The highest BCUT2D eigenvalue weighted by Gasteiger charge is 2.17. The van der Waals surface area contributed by atoms with Gasteiger partial charge in [0.2, 0.25) is 0 Å². The number of aromatic nitrogens is 1. The second kappa shape index (κ2) is 5.08. The van der Waals surface area contributed by atoms with Gasteiger partial charge in [-0.3, -0.25) is 9.88 Å². The van der Waals surface area contributed by atoms with E-state index >= 15 is 0 Å². The van der Waals surface area contributed by atoms with Crippen LogP contribution in [0, 0.1) is 0 Å². The van der Waals surface area contributed by atoms with Crippen LogP contribution in [-0.4, -0.2) is 29.5 Å². The van der Waals surface area contributed by atoms with E-state index in [4.69, 9.17) is 5.73 Å². The summed E-state index contributed by atoms with van der Waals surface area (Å²) in [7, 11) is 2.09. The quantitative estimate of drug-likeness (QED) is 0.786. The van der Waals surface area contributed by atoms with Gasteiger partial charge >= 0.3 is 0 Å². The number of rotatable bonds is 4. The van der Waals surface area contributed by atoms with E-state index in [-0.39, 0.29) is 6.04 Å². The SMILES string of the molecule is CC(C)N(C)C(CN)c1cccnc1. The van der Waals surface area contributed by atoms with Gasteiger partial charge in [0.1, 0.15) is 0 Å². The molecule has 1 aromatic rings. The Bertz CT molecular complexity index is 258. The van der Waals surface area contributed by atoms with E-state index in [1.165, 1.54) is 5.56 Å². The zero-order valence-corrected chi connectivity index (χ0v) is 9.14. The fraction of sp³-hybridized carbons (Fsp3) is 0.545. The maximum atomic E-state index is 5.77. The fourth-order valence-corrected chi connectivity index (χ4v) is 1.47. The van der Waals surface area contributed by atoms with Crippen molar-refractivity contribution in [3.63, 3.8) is 0 Å². The zero-order chi connectivity index (χ0) is 10.6. The molecule has 0 aliphatic rings. The van der Waals surface area contributed by atoms with E-state index in [1.54, 1.807) is 6.20 Å². The molecule has 1 atom stereocenters. The highest BCUT2D eigenvalue weighted by molar-refractivity contribution is 5.14. The Balaban J connectivity index is 2.82. The van der Waals surface area contributed by atoms with Gasteiger partial charge in [-0.15, -0.1) is 0 Å². The van der Waals surface area contributed by atoms with Crippen molar-refractivity contribution in [2.75, 3.05) is 13.6 Å². The molecule has 0 spiro atoms. The lowest BCUT2D eigenvalue weighted by molar-refractivity contribution is 0.201. The van der Waals surface area contributed by atoms with Gasteiger partial charge in [0.15, 0.2) is 0 Å². The van der Waals surface area contributed by atoms with Gasteiger partial charge in [0.05, 0.1) is 0 Å². The minimum atomic E-state index is 0.267. The molecule has 14 heavy (non-hydrogen) atoms. The molecule has 0 radical (unpaired) electrons. The molecule has 0 fully saturated rings. The standard InChI is InChI=1S/C11H19N3/c1-9(2)14(3)11(7-12)10-5-4-6-13-8-10/h4-6,8-9,11H,7,12H2,1-3H3. The molecular formula is C11H19N3. The van der Waals surface area contributed by atoms with Gasteiger partial charge in [0.25, 0.3) is 0 Å². The van der Waals surface area contributed by atoms with Crippen molar-refractivity contribution in [1.82, 2.24) is 9.88 Å². The molecule has 0 amide bonds. The monoisotopic (exact) mass is 193 g/mol. The van der Waals surface area contributed by atoms with Crippen molar-refractivity contribution in [2.24, 2.45) is 5.73 Å². The number of hydrogen-bond donors (Lipinski definition) is 1. The van der Waals surface area contributed by atoms with Gasteiger partial charge < -0.3 is 5.73 Å². The normalized spacial score (nSPS) is 13.6. The molecule has 78 valence electrons. The first-order chi connectivity index (χ1) is 6.66. The van der Waals surface area contributed by atoms with Gasteiger partial charge in [-0.1, -0.05) is 6.07 Å². The molecule has 1 rings (SSSR count). The molecule has 0 aromatic carbocycles. The maximum absolute atomic E-state index is 5.77. The van der Waals surface area contributed by atoms with E-state index < -0.39 is 0 Å². The minimum absolute atomic E-state index is 0.267. The Morgan fingerprint density at radius 1 is 1.50 bits per heavy atom. The number of nitrogens with two attached hydrogens (primary N) is 1. The summed E-state index contributed by atoms with van der Waals surface area (Å²) in [5, 5.41) is 0. The average molecular weight is 193 g/mol. The van der Waals surface area contributed by atoms with Crippen LogP contribution in [0.2, 0.25) is 0 Å². The number of nitrogens with zero attached hydrogens (tertiary/aromatic N) is 2. The van der Waals surface area contributed by atoms with Crippen LogP contribution >= 0.6 is 0 Å². The molecule has 3 nitrogen and oxygen atoms in total. The van der Waals surface area contributed by atoms with Crippen molar-refractivity contribution in [3.05, 3.63) is 30.1 Å². The minimum Gasteiger partial charge on any atom is -0.329 e.